The lowest BCUT2D eigenvalue weighted by Gasteiger charge is -2.37. The van der Waals surface area contributed by atoms with Crippen molar-refractivity contribution in [3.63, 3.8) is 0 Å². The van der Waals surface area contributed by atoms with E-state index in [2.05, 4.69) is 10.0 Å². The first-order valence-corrected chi connectivity index (χ1v) is 13.5. The van der Waals surface area contributed by atoms with Crippen LogP contribution in [0.1, 0.15) is 36.2 Å². The van der Waals surface area contributed by atoms with Crippen LogP contribution in [-0.2, 0) is 14.8 Å². The number of sulfonamides is 1. The van der Waals surface area contributed by atoms with E-state index in [4.69, 9.17) is 5.73 Å². The van der Waals surface area contributed by atoms with Crippen molar-refractivity contribution < 1.29 is 18.0 Å². The van der Waals surface area contributed by atoms with Crippen LogP contribution in [-0.4, -0.2) is 50.3 Å². The van der Waals surface area contributed by atoms with E-state index in [1.165, 1.54) is 6.07 Å². The molecule has 0 bridgehead atoms. The molecule has 0 saturated carbocycles. The van der Waals surface area contributed by atoms with Crippen LogP contribution >= 0.6 is 0 Å². The van der Waals surface area contributed by atoms with Crippen molar-refractivity contribution in [1.82, 2.24) is 9.62 Å². The molecule has 1 aliphatic rings. The molecule has 1 heterocycles. The van der Waals surface area contributed by atoms with Gasteiger partial charge in [0, 0.05) is 41.2 Å². The lowest BCUT2D eigenvalue weighted by atomic mass is 9.94. The van der Waals surface area contributed by atoms with Gasteiger partial charge in [0.15, 0.2) is 0 Å². The van der Waals surface area contributed by atoms with E-state index in [9.17, 15) is 18.0 Å². The number of aryl methyl sites for hydroxylation is 1. The minimum atomic E-state index is -3.87. The average Bonchev–Trinajstić information content (AvgIpc) is 2.85. The second-order valence-corrected chi connectivity index (χ2v) is 11.2. The van der Waals surface area contributed by atoms with Gasteiger partial charge in [-0.3, -0.25) is 9.59 Å². The third-order valence-corrected chi connectivity index (χ3v) is 8.27. The fourth-order valence-electron chi connectivity index (χ4n) is 4.70. The van der Waals surface area contributed by atoms with Crippen LogP contribution in [0.15, 0.2) is 65.6 Å². The van der Waals surface area contributed by atoms with Crippen molar-refractivity contribution in [2.45, 2.75) is 44.2 Å². The lowest BCUT2D eigenvalue weighted by molar-refractivity contribution is -0.134. The first-order valence-electron chi connectivity index (χ1n) is 12.0. The van der Waals surface area contributed by atoms with E-state index in [1.807, 2.05) is 32.0 Å². The highest BCUT2D eigenvalue weighted by atomic mass is 32.2. The Kier molecular flexibility index (Phi) is 7.44. The molecule has 9 heteroatoms. The number of nitrogens with one attached hydrogen (secondary N) is 2. The molecule has 36 heavy (non-hydrogen) atoms. The van der Waals surface area contributed by atoms with Crippen LogP contribution in [0.2, 0.25) is 0 Å². The number of amides is 2. The van der Waals surface area contributed by atoms with E-state index >= 15 is 0 Å². The van der Waals surface area contributed by atoms with Gasteiger partial charge >= 0.3 is 0 Å². The Balaban J connectivity index is 1.58. The molecule has 0 aromatic heterocycles. The van der Waals surface area contributed by atoms with Crippen molar-refractivity contribution in [2.24, 2.45) is 11.7 Å². The van der Waals surface area contributed by atoms with Crippen LogP contribution in [0, 0.1) is 12.8 Å². The second-order valence-electron chi connectivity index (χ2n) is 9.49. The maximum absolute atomic E-state index is 13.5. The Hall–Kier alpha value is -3.27. The number of carbonyl (C=O) groups is 2. The third-order valence-electron chi connectivity index (χ3n) is 6.72. The number of hydrogen-bond acceptors (Lipinski definition) is 5. The van der Waals surface area contributed by atoms with Gasteiger partial charge in [-0.1, -0.05) is 49.4 Å². The number of hydrogen-bond donors (Lipinski definition) is 3. The van der Waals surface area contributed by atoms with E-state index in [1.54, 1.807) is 48.2 Å². The maximum atomic E-state index is 13.5. The summed E-state index contributed by atoms with van der Waals surface area (Å²) >= 11 is 0. The van der Waals surface area contributed by atoms with Gasteiger partial charge in [0.05, 0.1) is 10.9 Å². The summed E-state index contributed by atoms with van der Waals surface area (Å²) in [6, 6.07) is 16.7. The zero-order valence-corrected chi connectivity index (χ0v) is 21.5. The SMILES string of the molecule is Cc1ccccc1C(=O)Nc1ccc(S(=O)(=O)N[C@H]2CCN(C(=O)[C@@H](C)N)C[C@H]2C)c2ccccc12. The van der Waals surface area contributed by atoms with Gasteiger partial charge in [-0.2, -0.15) is 0 Å². The summed E-state index contributed by atoms with van der Waals surface area (Å²) in [6.45, 7) is 6.34. The number of nitrogens with two attached hydrogens (primary N) is 1. The molecule has 3 aromatic rings. The zero-order chi connectivity index (χ0) is 26.0. The van der Waals surface area contributed by atoms with Crippen LogP contribution in [0.3, 0.4) is 0 Å². The Morgan fingerprint density at radius 3 is 2.36 bits per heavy atom. The molecule has 0 unspecified atom stereocenters. The molecular formula is C27H32N4O4S. The molecule has 0 aliphatic carbocycles. The third kappa shape index (κ3) is 5.28. The number of piperidine rings is 1. The van der Waals surface area contributed by atoms with E-state index in [-0.39, 0.29) is 28.7 Å². The number of nitrogens with zero attached hydrogens (tertiary/aromatic N) is 1. The summed E-state index contributed by atoms with van der Waals surface area (Å²) in [7, 11) is -3.87. The number of carbonyl (C=O) groups excluding carboxylic acids is 2. The zero-order valence-electron chi connectivity index (χ0n) is 20.7. The van der Waals surface area contributed by atoms with Crippen LogP contribution < -0.4 is 15.8 Å². The monoisotopic (exact) mass is 508 g/mol. The Morgan fingerprint density at radius 1 is 1.03 bits per heavy atom. The maximum Gasteiger partial charge on any atom is 0.255 e. The first-order chi connectivity index (χ1) is 17.1. The average molecular weight is 509 g/mol. The largest absolute Gasteiger partial charge is 0.341 e. The molecule has 4 rings (SSSR count). The van der Waals surface area contributed by atoms with Crippen molar-refractivity contribution in [1.29, 1.82) is 0 Å². The van der Waals surface area contributed by atoms with Crippen molar-refractivity contribution >= 4 is 38.3 Å². The van der Waals surface area contributed by atoms with E-state index in [0.717, 1.165) is 5.56 Å². The molecule has 190 valence electrons. The molecule has 0 radical (unpaired) electrons. The number of anilines is 1. The van der Waals surface area contributed by atoms with Gasteiger partial charge in [0.2, 0.25) is 15.9 Å². The van der Waals surface area contributed by atoms with Gasteiger partial charge in [-0.05, 0) is 49.9 Å². The summed E-state index contributed by atoms with van der Waals surface area (Å²) in [5.41, 5.74) is 7.68. The number of fused-ring (bicyclic) bond motifs is 1. The fourth-order valence-corrected chi connectivity index (χ4v) is 6.29. The Labute approximate surface area is 211 Å². The molecule has 1 saturated heterocycles. The van der Waals surface area contributed by atoms with Crippen molar-refractivity contribution in [2.75, 3.05) is 18.4 Å². The predicted molar refractivity (Wildman–Crippen MR) is 141 cm³/mol. The minimum Gasteiger partial charge on any atom is -0.341 e. The highest BCUT2D eigenvalue weighted by Gasteiger charge is 2.33. The summed E-state index contributed by atoms with van der Waals surface area (Å²) in [5.74, 6) is -0.457. The lowest BCUT2D eigenvalue weighted by Crippen LogP contribution is -2.54. The van der Waals surface area contributed by atoms with E-state index in [0.29, 0.717) is 41.5 Å². The molecule has 1 fully saturated rings. The highest BCUT2D eigenvalue weighted by molar-refractivity contribution is 7.89. The molecule has 1 aliphatic heterocycles. The smallest absolute Gasteiger partial charge is 0.255 e. The Morgan fingerprint density at radius 2 is 1.69 bits per heavy atom. The molecule has 0 spiro atoms. The Bertz CT molecular complexity index is 1400. The highest BCUT2D eigenvalue weighted by Crippen LogP contribution is 2.31. The van der Waals surface area contributed by atoms with Gasteiger partial charge in [-0.25, -0.2) is 13.1 Å². The summed E-state index contributed by atoms with van der Waals surface area (Å²) in [5, 5.41) is 4.08. The van der Waals surface area contributed by atoms with Gasteiger partial charge in [-0.15, -0.1) is 0 Å². The van der Waals surface area contributed by atoms with Crippen molar-refractivity contribution in [3.05, 3.63) is 71.8 Å². The molecule has 4 N–H and O–H groups in total. The topological polar surface area (TPSA) is 122 Å². The van der Waals surface area contributed by atoms with Crippen LogP contribution in [0.5, 0.6) is 0 Å². The summed E-state index contributed by atoms with van der Waals surface area (Å²) in [4.78, 5) is 27.0. The molecular weight excluding hydrogens is 476 g/mol. The summed E-state index contributed by atoms with van der Waals surface area (Å²) < 4.78 is 29.8. The number of benzene rings is 3. The first kappa shape index (κ1) is 25.8. The fraction of sp³-hybridized carbons (Fsp3) is 0.333. The second kappa shape index (κ2) is 10.4. The molecule has 8 nitrogen and oxygen atoms in total. The van der Waals surface area contributed by atoms with Crippen LogP contribution in [0.25, 0.3) is 10.8 Å². The van der Waals surface area contributed by atoms with Crippen molar-refractivity contribution in [3.8, 4) is 0 Å². The van der Waals surface area contributed by atoms with Gasteiger partial charge in [0.25, 0.3) is 5.91 Å². The number of rotatable bonds is 6. The normalized spacial score (nSPS) is 19.2. The molecule has 3 aromatic carbocycles. The van der Waals surface area contributed by atoms with Crippen LogP contribution in [0.4, 0.5) is 5.69 Å². The summed E-state index contributed by atoms with van der Waals surface area (Å²) in [6.07, 6.45) is 0.501. The van der Waals surface area contributed by atoms with Gasteiger partial charge < -0.3 is 16.0 Å². The quantitative estimate of drug-likeness (QED) is 0.472. The standard InChI is InChI=1S/C27H32N4O4S/c1-17-8-4-5-9-20(17)26(32)29-24-12-13-25(22-11-7-6-10-21(22)24)36(34,35)30-23-14-15-31(16-18(23)2)27(33)19(3)28/h4-13,18-19,23,30H,14-16,28H2,1-3H3,(H,29,32)/t18-,19-,23+/m1/s1. The predicted octanol–water partition coefficient (Wildman–Crippen LogP) is 3.26. The van der Waals surface area contributed by atoms with E-state index < -0.39 is 16.1 Å². The number of likely N-dealkylation sites (tertiary alicyclic amines) is 1. The molecule has 3 atom stereocenters. The van der Waals surface area contributed by atoms with Gasteiger partial charge in [0.1, 0.15) is 0 Å². The minimum absolute atomic E-state index is 0.0739. The molecule has 2 amide bonds.